The average molecular weight is 437 g/mol. The van der Waals surface area contributed by atoms with Gasteiger partial charge < -0.3 is 15.5 Å². The van der Waals surface area contributed by atoms with E-state index in [4.69, 9.17) is 15.2 Å². The van der Waals surface area contributed by atoms with Crippen molar-refractivity contribution in [1.29, 1.82) is 5.26 Å². The summed E-state index contributed by atoms with van der Waals surface area (Å²) in [7, 11) is 0. The van der Waals surface area contributed by atoms with Crippen LogP contribution in [0.5, 0.6) is 0 Å². The highest BCUT2D eigenvalue weighted by Crippen LogP contribution is 2.23. The van der Waals surface area contributed by atoms with Crippen LogP contribution in [0.2, 0.25) is 0 Å². The Morgan fingerprint density at radius 3 is 2.76 bits per heavy atom. The van der Waals surface area contributed by atoms with E-state index in [0.29, 0.717) is 17.6 Å². The van der Waals surface area contributed by atoms with Crippen molar-refractivity contribution in [2.45, 2.75) is 45.6 Å². The van der Waals surface area contributed by atoms with Gasteiger partial charge in [0.25, 0.3) is 0 Å². The number of unbranched alkanes of at least 4 members (excludes halogenated alkanes) is 1. The third kappa shape index (κ3) is 7.04. The van der Waals surface area contributed by atoms with Gasteiger partial charge in [-0.2, -0.15) is 10.2 Å². The van der Waals surface area contributed by atoms with E-state index in [1.807, 2.05) is 18.2 Å². The van der Waals surface area contributed by atoms with E-state index in [0.717, 1.165) is 62.5 Å². The van der Waals surface area contributed by atoms with E-state index in [9.17, 15) is 0 Å². The molecule has 1 fully saturated rings. The zero-order chi connectivity index (χ0) is 19.1. The molecule has 2 N–H and O–H groups in total. The lowest BCUT2D eigenvalue weighted by atomic mass is 10.2. The lowest BCUT2D eigenvalue weighted by molar-refractivity contribution is 0.571. The van der Waals surface area contributed by atoms with Crippen molar-refractivity contribution in [3.8, 4) is 6.07 Å². The molecule has 1 unspecified atom stereocenters. The first-order chi connectivity index (χ1) is 13.2. The zero-order valence-electron chi connectivity index (χ0n) is 17.0. The first kappa shape index (κ1) is 25.0. The highest BCUT2D eigenvalue weighted by atomic mass is 35.5. The Bertz CT molecular complexity index is 808. The standard InChI is InChI=1S/C21H28N6.2ClH/c1-3-5-8-18-13-20(27-11-10-19(15-27)23-4-2)26-21(25-18)24-17-9-6-7-16(12-17)14-22;;/h6-7,9,12-13,19,23H,3-5,8,10-11,15H2,1-2H3,(H,24,25,26);2*1H. The number of hydrogen-bond acceptors (Lipinski definition) is 6. The van der Waals surface area contributed by atoms with E-state index < -0.39 is 0 Å². The number of hydrogen-bond donors (Lipinski definition) is 2. The van der Waals surface area contributed by atoms with Crippen LogP contribution in [-0.2, 0) is 6.42 Å². The van der Waals surface area contributed by atoms with Gasteiger partial charge in [0, 0.05) is 36.6 Å². The van der Waals surface area contributed by atoms with E-state index in [-0.39, 0.29) is 24.8 Å². The number of rotatable bonds is 8. The molecular formula is C21H30Cl2N6. The number of halogens is 2. The minimum Gasteiger partial charge on any atom is -0.355 e. The number of benzene rings is 1. The van der Waals surface area contributed by atoms with Crippen LogP contribution in [0.3, 0.4) is 0 Å². The summed E-state index contributed by atoms with van der Waals surface area (Å²) in [5.41, 5.74) is 2.52. The maximum Gasteiger partial charge on any atom is 0.229 e. The zero-order valence-corrected chi connectivity index (χ0v) is 18.7. The maximum atomic E-state index is 9.10. The second kappa shape index (κ2) is 12.5. The normalized spacial score (nSPS) is 15.2. The highest BCUT2D eigenvalue weighted by Gasteiger charge is 2.23. The first-order valence-electron chi connectivity index (χ1n) is 9.85. The fourth-order valence-electron chi connectivity index (χ4n) is 3.41. The van der Waals surface area contributed by atoms with Gasteiger partial charge >= 0.3 is 0 Å². The molecule has 29 heavy (non-hydrogen) atoms. The van der Waals surface area contributed by atoms with E-state index >= 15 is 0 Å². The number of aromatic nitrogens is 2. The van der Waals surface area contributed by atoms with E-state index in [1.165, 1.54) is 0 Å². The molecule has 0 bridgehead atoms. The Morgan fingerprint density at radius 2 is 2.03 bits per heavy atom. The van der Waals surface area contributed by atoms with Crippen LogP contribution in [-0.4, -0.2) is 35.6 Å². The fraction of sp³-hybridized carbons (Fsp3) is 0.476. The summed E-state index contributed by atoms with van der Waals surface area (Å²) in [6.07, 6.45) is 4.33. The summed E-state index contributed by atoms with van der Waals surface area (Å²) >= 11 is 0. The predicted molar refractivity (Wildman–Crippen MR) is 124 cm³/mol. The molecule has 1 saturated heterocycles. The highest BCUT2D eigenvalue weighted by molar-refractivity contribution is 5.85. The SMILES string of the molecule is CCCCc1cc(N2CCC(NCC)C2)nc(Nc2cccc(C#N)c2)n1.Cl.Cl. The molecule has 8 heteroatoms. The number of aryl methyl sites for hydroxylation is 1. The summed E-state index contributed by atoms with van der Waals surface area (Å²) in [5, 5.41) is 15.9. The molecule has 158 valence electrons. The molecule has 1 aromatic carbocycles. The number of anilines is 3. The predicted octanol–water partition coefficient (Wildman–Crippen LogP) is 4.47. The van der Waals surface area contributed by atoms with Crippen LogP contribution < -0.4 is 15.5 Å². The van der Waals surface area contributed by atoms with Gasteiger partial charge in [-0.05, 0) is 44.0 Å². The van der Waals surface area contributed by atoms with Gasteiger partial charge in [0.15, 0.2) is 0 Å². The minimum absolute atomic E-state index is 0. The number of likely N-dealkylation sites (N-methyl/N-ethyl adjacent to an activating group) is 1. The quantitative estimate of drug-likeness (QED) is 0.635. The molecule has 0 spiro atoms. The van der Waals surface area contributed by atoms with Crippen molar-refractivity contribution in [2.24, 2.45) is 0 Å². The molecule has 0 saturated carbocycles. The second-order valence-electron chi connectivity index (χ2n) is 6.95. The topological polar surface area (TPSA) is 76.9 Å². The van der Waals surface area contributed by atoms with Crippen molar-refractivity contribution >= 4 is 42.3 Å². The summed E-state index contributed by atoms with van der Waals surface area (Å²) < 4.78 is 0. The Kier molecular flexibility index (Phi) is 10.7. The van der Waals surface area contributed by atoms with Crippen LogP contribution >= 0.6 is 24.8 Å². The van der Waals surface area contributed by atoms with Crippen molar-refractivity contribution < 1.29 is 0 Å². The van der Waals surface area contributed by atoms with Gasteiger partial charge in [-0.25, -0.2) is 4.98 Å². The molecular weight excluding hydrogens is 407 g/mol. The van der Waals surface area contributed by atoms with E-state index in [1.54, 1.807) is 6.07 Å². The number of nitrogens with zero attached hydrogens (tertiary/aromatic N) is 4. The van der Waals surface area contributed by atoms with Crippen molar-refractivity contribution in [1.82, 2.24) is 15.3 Å². The van der Waals surface area contributed by atoms with Crippen LogP contribution in [0.25, 0.3) is 0 Å². The Morgan fingerprint density at radius 1 is 1.21 bits per heavy atom. The molecule has 0 amide bonds. The summed E-state index contributed by atoms with van der Waals surface area (Å²) in [4.78, 5) is 11.8. The largest absolute Gasteiger partial charge is 0.355 e. The fourth-order valence-corrected chi connectivity index (χ4v) is 3.41. The van der Waals surface area contributed by atoms with Gasteiger partial charge in [-0.1, -0.05) is 26.3 Å². The maximum absolute atomic E-state index is 9.10. The third-order valence-corrected chi connectivity index (χ3v) is 4.80. The van der Waals surface area contributed by atoms with Gasteiger partial charge in [0.1, 0.15) is 5.82 Å². The number of nitrogens with one attached hydrogen (secondary N) is 2. The average Bonchev–Trinajstić information content (AvgIpc) is 3.15. The van der Waals surface area contributed by atoms with Gasteiger partial charge in [0.2, 0.25) is 5.95 Å². The number of nitriles is 1. The molecule has 0 aliphatic carbocycles. The summed E-state index contributed by atoms with van der Waals surface area (Å²) in [6.45, 7) is 7.31. The molecule has 0 radical (unpaired) electrons. The van der Waals surface area contributed by atoms with Crippen LogP contribution in [0.15, 0.2) is 30.3 Å². The second-order valence-corrected chi connectivity index (χ2v) is 6.95. The lowest BCUT2D eigenvalue weighted by Crippen LogP contribution is -2.32. The summed E-state index contributed by atoms with van der Waals surface area (Å²) in [6, 6.07) is 12.2. The molecule has 2 heterocycles. The monoisotopic (exact) mass is 436 g/mol. The molecule has 1 aromatic heterocycles. The Balaban J connectivity index is 0.00000210. The minimum atomic E-state index is 0. The van der Waals surface area contributed by atoms with Crippen molar-refractivity contribution in [3.63, 3.8) is 0 Å². The molecule has 3 rings (SSSR count). The van der Waals surface area contributed by atoms with Gasteiger partial charge in [0.05, 0.1) is 11.6 Å². The van der Waals surface area contributed by atoms with E-state index in [2.05, 4.69) is 41.5 Å². The molecule has 1 atom stereocenters. The Labute approximate surface area is 185 Å². The molecule has 1 aliphatic heterocycles. The van der Waals surface area contributed by atoms with Crippen LogP contribution in [0.1, 0.15) is 44.4 Å². The first-order valence-corrected chi connectivity index (χ1v) is 9.85. The summed E-state index contributed by atoms with van der Waals surface area (Å²) in [5.74, 6) is 1.58. The van der Waals surface area contributed by atoms with Crippen molar-refractivity contribution in [2.75, 3.05) is 29.9 Å². The smallest absolute Gasteiger partial charge is 0.229 e. The van der Waals surface area contributed by atoms with Crippen LogP contribution in [0.4, 0.5) is 17.5 Å². The molecule has 1 aliphatic rings. The lowest BCUT2D eigenvalue weighted by Gasteiger charge is -2.19. The molecule has 2 aromatic rings. The van der Waals surface area contributed by atoms with Crippen molar-refractivity contribution in [3.05, 3.63) is 41.6 Å². The Hall–Kier alpha value is -2.07. The van der Waals surface area contributed by atoms with Gasteiger partial charge in [-0.3, -0.25) is 0 Å². The van der Waals surface area contributed by atoms with Gasteiger partial charge in [-0.15, -0.1) is 24.8 Å². The van der Waals surface area contributed by atoms with Crippen LogP contribution in [0, 0.1) is 11.3 Å². The molecule has 6 nitrogen and oxygen atoms in total. The third-order valence-electron chi connectivity index (χ3n) is 4.80.